The molecule has 0 fully saturated rings. The van der Waals surface area contributed by atoms with E-state index in [4.69, 9.17) is 0 Å². The van der Waals surface area contributed by atoms with Crippen LogP contribution in [0.3, 0.4) is 0 Å². The number of hydrogen-bond acceptors (Lipinski definition) is 3. The van der Waals surface area contributed by atoms with Crippen molar-refractivity contribution < 1.29 is 9.90 Å². The van der Waals surface area contributed by atoms with Gasteiger partial charge in [0.2, 0.25) is 0 Å². The summed E-state index contributed by atoms with van der Waals surface area (Å²) in [6.45, 7) is 2.13. The molecule has 5 rings (SSSR count). The number of nitrogens with zero attached hydrogens (tertiary/aromatic N) is 2. The van der Waals surface area contributed by atoms with Crippen molar-refractivity contribution in [2.45, 2.75) is 25.7 Å². The van der Waals surface area contributed by atoms with Gasteiger partial charge in [-0.1, -0.05) is 22.0 Å². The van der Waals surface area contributed by atoms with Gasteiger partial charge in [-0.05, 0) is 49.4 Å². The van der Waals surface area contributed by atoms with Crippen molar-refractivity contribution >= 4 is 33.2 Å². The van der Waals surface area contributed by atoms with E-state index in [1.165, 1.54) is 11.3 Å². The highest BCUT2D eigenvalue weighted by atomic mass is 79.9. The first-order valence-electron chi connectivity index (χ1n) is 8.69. The molecule has 0 unspecified atom stereocenters. The SMILES string of the molecule is O=C1N=C(c2cc3c4c(c2O)CCCN4CCC3)c2ccc(Br)cc21. The molecule has 0 bridgehead atoms. The maximum Gasteiger partial charge on any atom is 0.278 e. The average Bonchev–Trinajstić information content (AvgIpc) is 2.94. The van der Waals surface area contributed by atoms with Crippen LogP contribution in [0, 0.1) is 0 Å². The second kappa shape index (κ2) is 5.43. The standard InChI is InChI=1S/C20H17BrN2O2/c21-12-5-6-13-15(10-12)20(25)22-17(13)16-9-11-3-1-7-23-8-2-4-14(18(11)23)19(16)24/h5-6,9-10,24H,1-4,7-8H2. The van der Waals surface area contributed by atoms with Gasteiger partial charge >= 0.3 is 0 Å². The number of amides is 1. The van der Waals surface area contributed by atoms with Crippen molar-refractivity contribution in [2.75, 3.05) is 18.0 Å². The summed E-state index contributed by atoms with van der Waals surface area (Å²) < 4.78 is 0.858. The molecule has 0 saturated heterocycles. The van der Waals surface area contributed by atoms with Crippen LogP contribution in [0.2, 0.25) is 0 Å². The van der Waals surface area contributed by atoms with Gasteiger partial charge in [0.15, 0.2) is 0 Å². The Morgan fingerprint density at radius 3 is 2.68 bits per heavy atom. The summed E-state index contributed by atoms with van der Waals surface area (Å²) in [5.41, 5.74) is 6.22. The Kier molecular flexibility index (Phi) is 3.29. The molecule has 126 valence electrons. The minimum atomic E-state index is -0.237. The van der Waals surface area contributed by atoms with Gasteiger partial charge in [0.25, 0.3) is 5.91 Å². The van der Waals surface area contributed by atoms with E-state index in [0.29, 0.717) is 22.6 Å². The summed E-state index contributed by atoms with van der Waals surface area (Å²) in [5.74, 6) is 0.0614. The van der Waals surface area contributed by atoms with Crippen molar-refractivity contribution in [3.63, 3.8) is 0 Å². The number of carbonyl (C=O) groups is 1. The number of aryl methyl sites for hydroxylation is 1. The molecule has 1 N–H and O–H groups in total. The van der Waals surface area contributed by atoms with Gasteiger partial charge in [-0.25, -0.2) is 4.99 Å². The molecule has 3 aliphatic rings. The fraction of sp³-hybridized carbons (Fsp3) is 0.300. The predicted molar refractivity (Wildman–Crippen MR) is 101 cm³/mol. The molecule has 25 heavy (non-hydrogen) atoms. The number of fused-ring (bicyclic) bond motifs is 1. The summed E-state index contributed by atoms with van der Waals surface area (Å²) in [6, 6.07) is 7.67. The quantitative estimate of drug-likeness (QED) is 0.796. The molecule has 1 amide bonds. The number of phenols is 1. The van der Waals surface area contributed by atoms with Crippen LogP contribution in [-0.4, -0.2) is 29.8 Å². The number of rotatable bonds is 1. The van der Waals surface area contributed by atoms with E-state index in [1.54, 1.807) is 6.07 Å². The van der Waals surface area contributed by atoms with Crippen molar-refractivity contribution in [1.82, 2.24) is 0 Å². The Labute approximate surface area is 154 Å². The number of anilines is 1. The summed E-state index contributed by atoms with van der Waals surface area (Å²) in [6.07, 6.45) is 4.08. The number of hydrogen-bond donors (Lipinski definition) is 1. The molecule has 2 aromatic rings. The molecule has 3 heterocycles. The van der Waals surface area contributed by atoms with E-state index in [9.17, 15) is 9.90 Å². The van der Waals surface area contributed by atoms with Gasteiger partial charge in [0.1, 0.15) is 5.75 Å². The lowest BCUT2D eigenvalue weighted by atomic mass is 9.87. The van der Waals surface area contributed by atoms with Gasteiger partial charge in [-0.15, -0.1) is 0 Å². The Morgan fingerprint density at radius 1 is 1.04 bits per heavy atom. The third-order valence-electron chi connectivity index (χ3n) is 5.43. The third-order valence-corrected chi connectivity index (χ3v) is 5.92. The molecule has 0 saturated carbocycles. The van der Waals surface area contributed by atoms with Crippen LogP contribution in [0.25, 0.3) is 0 Å². The second-order valence-corrected chi connectivity index (χ2v) is 7.82. The van der Waals surface area contributed by atoms with Gasteiger partial charge in [0, 0.05) is 39.9 Å². The van der Waals surface area contributed by atoms with Crippen molar-refractivity contribution in [1.29, 1.82) is 0 Å². The number of benzene rings is 2. The van der Waals surface area contributed by atoms with E-state index in [2.05, 4.69) is 31.9 Å². The summed E-state index contributed by atoms with van der Waals surface area (Å²) in [5, 5.41) is 11.0. The van der Waals surface area contributed by atoms with Crippen molar-refractivity contribution in [2.24, 2.45) is 4.99 Å². The highest BCUT2D eigenvalue weighted by Gasteiger charge is 2.32. The van der Waals surface area contributed by atoms with E-state index in [-0.39, 0.29) is 5.91 Å². The molecule has 3 aliphatic heterocycles. The molecule has 4 nitrogen and oxygen atoms in total. The number of aliphatic imine (C=N–C) groups is 1. The lowest BCUT2D eigenvalue weighted by Gasteiger charge is -2.37. The minimum Gasteiger partial charge on any atom is -0.507 e. The van der Waals surface area contributed by atoms with Crippen molar-refractivity contribution in [3.05, 3.63) is 56.6 Å². The molecule has 5 heteroatoms. The highest BCUT2D eigenvalue weighted by molar-refractivity contribution is 9.10. The Morgan fingerprint density at radius 2 is 1.84 bits per heavy atom. The summed E-state index contributed by atoms with van der Waals surface area (Å²) in [7, 11) is 0. The lowest BCUT2D eigenvalue weighted by molar-refractivity contribution is 0.101. The second-order valence-electron chi connectivity index (χ2n) is 6.91. The minimum absolute atomic E-state index is 0.237. The van der Waals surface area contributed by atoms with E-state index in [1.807, 2.05) is 12.1 Å². The van der Waals surface area contributed by atoms with Gasteiger partial charge in [0.05, 0.1) is 11.3 Å². The zero-order valence-electron chi connectivity index (χ0n) is 13.7. The molecule has 0 radical (unpaired) electrons. The summed E-state index contributed by atoms with van der Waals surface area (Å²) in [4.78, 5) is 19.0. The maximum atomic E-state index is 12.3. The fourth-order valence-corrected chi connectivity index (χ4v) is 4.71. The van der Waals surface area contributed by atoms with Crippen LogP contribution < -0.4 is 4.90 Å². The largest absolute Gasteiger partial charge is 0.507 e. The van der Waals surface area contributed by atoms with Crippen LogP contribution in [-0.2, 0) is 12.8 Å². The number of aromatic hydroxyl groups is 1. The zero-order chi connectivity index (χ0) is 17.1. The van der Waals surface area contributed by atoms with Crippen LogP contribution in [0.4, 0.5) is 5.69 Å². The average molecular weight is 397 g/mol. The van der Waals surface area contributed by atoms with Gasteiger partial charge in [-0.3, -0.25) is 4.79 Å². The van der Waals surface area contributed by atoms with Crippen LogP contribution >= 0.6 is 15.9 Å². The van der Waals surface area contributed by atoms with E-state index >= 15 is 0 Å². The monoisotopic (exact) mass is 396 g/mol. The molecule has 2 aromatic carbocycles. The van der Waals surface area contributed by atoms with Gasteiger partial charge in [-0.2, -0.15) is 0 Å². The molecule has 0 atom stereocenters. The van der Waals surface area contributed by atoms with Crippen molar-refractivity contribution in [3.8, 4) is 5.75 Å². The fourth-order valence-electron chi connectivity index (χ4n) is 4.35. The van der Waals surface area contributed by atoms with Crippen LogP contribution in [0.5, 0.6) is 5.75 Å². The normalized spacial score (nSPS) is 18.0. The third kappa shape index (κ3) is 2.18. The lowest BCUT2D eigenvalue weighted by Crippen LogP contribution is -2.34. The van der Waals surface area contributed by atoms with Gasteiger partial charge < -0.3 is 10.0 Å². The Hall–Kier alpha value is -2.14. The molecular formula is C20H17BrN2O2. The zero-order valence-corrected chi connectivity index (χ0v) is 15.3. The maximum absolute atomic E-state index is 12.3. The van der Waals surface area contributed by atoms with E-state index in [0.717, 1.165) is 54.4 Å². The number of carbonyl (C=O) groups excluding carboxylic acids is 1. The first kappa shape index (κ1) is 15.1. The van der Waals surface area contributed by atoms with Crippen LogP contribution in [0.1, 0.15) is 45.5 Å². The topological polar surface area (TPSA) is 52.9 Å². The first-order chi connectivity index (χ1) is 12.1. The molecule has 0 spiro atoms. The highest BCUT2D eigenvalue weighted by Crippen LogP contribution is 2.43. The smallest absolute Gasteiger partial charge is 0.278 e. The number of phenolic OH excluding ortho intramolecular Hbond substituents is 1. The molecule has 0 aliphatic carbocycles. The molecule has 0 aromatic heterocycles. The Balaban J connectivity index is 1.72. The molecular weight excluding hydrogens is 380 g/mol. The van der Waals surface area contributed by atoms with E-state index < -0.39 is 0 Å². The predicted octanol–water partition coefficient (Wildman–Crippen LogP) is 3.84. The first-order valence-corrected chi connectivity index (χ1v) is 9.49. The number of halogens is 1. The Bertz CT molecular complexity index is 963. The summed E-state index contributed by atoms with van der Waals surface area (Å²) >= 11 is 3.41. The van der Waals surface area contributed by atoms with Crippen LogP contribution in [0.15, 0.2) is 33.7 Å².